The number of hydrogen-bond acceptors (Lipinski definition) is 3. The predicted molar refractivity (Wildman–Crippen MR) is 132 cm³/mol. The van der Waals surface area contributed by atoms with Gasteiger partial charge in [0.25, 0.3) is 5.91 Å². The largest absolute Gasteiger partial charge is 0.319 e. The Morgan fingerprint density at radius 3 is 2.12 bits per heavy atom. The van der Waals surface area contributed by atoms with Crippen molar-refractivity contribution in [2.24, 2.45) is 0 Å². The van der Waals surface area contributed by atoms with Crippen LogP contribution in [0.5, 0.6) is 0 Å². The molecule has 33 heavy (non-hydrogen) atoms. The molecule has 1 amide bonds. The highest BCUT2D eigenvalue weighted by molar-refractivity contribution is 6.31. The van der Waals surface area contributed by atoms with Crippen LogP contribution in [0.1, 0.15) is 49.8 Å². The minimum Gasteiger partial charge on any atom is -0.319 e. The fourth-order valence-corrected chi connectivity index (χ4v) is 4.07. The highest BCUT2D eigenvalue weighted by Gasteiger charge is 2.16. The quantitative estimate of drug-likeness (QED) is 0.405. The molecule has 0 fully saturated rings. The molecule has 0 aliphatic rings. The van der Waals surface area contributed by atoms with Crippen molar-refractivity contribution >= 4 is 23.2 Å². The topological polar surface area (TPSA) is 64.7 Å². The number of carbonyl (C=O) groups excluding carboxylic acids is 1. The first-order chi connectivity index (χ1) is 15.7. The monoisotopic (exact) mass is 461 g/mol. The van der Waals surface area contributed by atoms with Gasteiger partial charge in [0.05, 0.1) is 46.6 Å². The van der Waals surface area contributed by atoms with Gasteiger partial charge in [0.1, 0.15) is 0 Å². The van der Waals surface area contributed by atoms with E-state index in [-0.39, 0.29) is 5.91 Å². The summed E-state index contributed by atoms with van der Waals surface area (Å²) in [4.78, 5) is 12.9. The van der Waals surface area contributed by atoms with Crippen molar-refractivity contribution in [1.29, 1.82) is 0 Å². The molecule has 0 saturated carbocycles. The van der Waals surface area contributed by atoms with Crippen molar-refractivity contribution in [1.82, 2.24) is 19.6 Å². The normalized spacial score (nSPS) is 11.1. The second-order valence-corrected chi connectivity index (χ2v) is 8.80. The van der Waals surface area contributed by atoms with Gasteiger partial charge < -0.3 is 5.32 Å². The lowest BCUT2D eigenvalue weighted by Gasteiger charge is -2.10. The zero-order valence-electron chi connectivity index (χ0n) is 19.6. The number of hydrogen-bond donors (Lipinski definition) is 1. The third-order valence-electron chi connectivity index (χ3n) is 6.04. The lowest BCUT2D eigenvalue weighted by Crippen LogP contribution is -2.14. The summed E-state index contributed by atoms with van der Waals surface area (Å²) in [5.41, 5.74) is 8.31. The zero-order chi connectivity index (χ0) is 23.7. The first-order valence-corrected chi connectivity index (χ1v) is 11.3. The fourth-order valence-electron chi connectivity index (χ4n) is 3.93. The highest BCUT2D eigenvalue weighted by Crippen LogP contribution is 2.23. The van der Waals surface area contributed by atoms with Crippen LogP contribution < -0.4 is 5.32 Å². The molecule has 2 heterocycles. The summed E-state index contributed by atoms with van der Waals surface area (Å²) in [5, 5.41) is 12.9. The predicted octanol–water partition coefficient (Wildman–Crippen LogP) is 5.62. The fraction of sp³-hybridized carbons (Fsp3) is 0.269. The second kappa shape index (κ2) is 9.24. The number of amides is 1. The maximum Gasteiger partial charge on any atom is 0.255 e. The van der Waals surface area contributed by atoms with Crippen molar-refractivity contribution in [2.45, 2.75) is 47.7 Å². The van der Waals surface area contributed by atoms with Gasteiger partial charge in [-0.1, -0.05) is 48.0 Å². The molecular weight excluding hydrogens is 434 g/mol. The average molecular weight is 462 g/mol. The van der Waals surface area contributed by atoms with E-state index in [1.54, 1.807) is 0 Å². The molecule has 0 atom stereocenters. The summed E-state index contributed by atoms with van der Waals surface area (Å²) < 4.78 is 3.82. The number of rotatable bonds is 6. The Balaban J connectivity index is 1.47. The van der Waals surface area contributed by atoms with Gasteiger partial charge in [-0.05, 0) is 63.4 Å². The van der Waals surface area contributed by atoms with E-state index in [1.165, 1.54) is 11.1 Å². The van der Waals surface area contributed by atoms with E-state index < -0.39 is 0 Å². The van der Waals surface area contributed by atoms with Crippen LogP contribution in [-0.2, 0) is 13.1 Å². The molecule has 2 aromatic carbocycles. The van der Waals surface area contributed by atoms with Crippen LogP contribution in [-0.4, -0.2) is 25.5 Å². The Morgan fingerprint density at radius 2 is 1.48 bits per heavy atom. The molecule has 6 nitrogen and oxygen atoms in total. The van der Waals surface area contributed by atoms with E-state index in [4.69, 9.17) is 11.6 Å². The van der Waals surface area contributed by atoms with Gasteiger partial charge in [-0.3, -0.25) is 14.2 Å². The van der Waals surface area contributed by atoms with Crippen molar-refractivity contribution in [3.05, 3.63) is 98.6 Å². The first kappa shape index (κ1) is 22.8. The summed E-state index contributed by atoms with van der Waals surface area (Å²) in [6.07, 6.45) is 0. The third-order valence-corrected chi connectivity index (χ3v) is 6.59. The highest BCUT2D eigenvalue weighted by atomic mass is 35.5. The number of anilines is 1. The van der Waals surface area contributed by atoms with Crippen LogP contribution in [0.2, 0.25) is 5.02 Å². The zero-order valence-corrected chi connectivity index (χ0v) is 20.4. The van der Waals surface area contributed by atoms with Gasteiger partial charge in [0, 0.05) is 5.56 Å². The van der Waals surface area contributed by atoms with Crippen molar-refractivity contribution in [3.63, 3.8) is 0 Å². The average Bonchev–Trinajstić information content (AvgIpc) is 3.19. The van der Waals surface area contributed by atoms with Crippen LogP contribution >= 0.6 is 11.6 Å². The van der Waals surface area contributed by atoms with Gasteiger partial charge in [-0.25, -0.2) is 0 Å². The summed E-state index contributed by atoms with van der Waals surface area (Å²) in [6, 6.07) is 15.8. The molecule has 170 valence electrons. The third kappa shape index (κ3) is 4.71. The number of nitrogens with one attached hydrogen (secondary N) is 1. The number of halogens is 1. The minimum absolute atomic E-state index is 0.155. The number of benzene rings is 2. The molecule has 0 bridgehead atoms. The van der Waals surface area contributed by atoms with Gasteiger partial charge >= 0.3 is 0 Å². The van der Waals surface area contributed by atoms with Crippen LogP contribution in [0.25, 0.3) is 0 Å². The summed E-state index contributed by atoms with van der Waals surface area (Å²) in [7, 11) is 0. The first-order valence-electron chi connectivity index (χ1n) is 10.9. The number of aromatic nitrogens is 4. The van der Waals surface area contributed by atoms with Gasteiger partial charge in [-0.15, -0.1) is 0 Å². The lowest BCUT2D eigenvalue weighted by molar-refractivity contribution is 0.102. The summed E-state index contributed by atoms with van der Waals surface area (Å²) in [6.45, 7) is 11.1. The van der Waals surface area contributed by atoms with Crippen LogP contribution in [0, 0.1) is 34.6 Å². The number of carbonyl (C=O) groups is 1. The number of aryl methyl sites for hydroxylation is 3. The molecule has 0 aliphatic heterocycles. The molecule has 4 rings (SSSR count). The van der Waals surface area contributed by atoms with Crippen LogP contribution in [0.15, 0.2) is 48.5 Å². The maximum atomic E-state index is 12.9. The van der Waals surface area contributed by atoms with E-state index >= 15 is 0 Å². The van der Waals surface area contributed by atoms with Crippen LogP contribution in [0.4, 0.5) is 5.69 Å². The smallest absolute Gasteiger partial charge is 0.255 e. The molecule has 7 heteroatoms. The lowest BCUT2D eigenvalue weighted by atomic mass is 10.1. The Labute approximate surface area is 199 Å². The molecule has 1 N–H and O–H groups in total. The Kier molecular flexibility index (Phi) is 6.38. The Hall–Kier alpha value is -3.38. The summed E-state index contributed by atoms with van der Waals surface area (Å²) >= 11 is 6.25. The SMILES string of the molecule is Cc1ccccc1Cn1nc(C)c(NC(=O)c2ccc(Cn3nc(C)c(Cl)c3C)cc2)c1C. The molecule has 0 spiro atoms. The van der Waals surface area contributed by atoms with E-state index in [0.717, 1.165) is 34.0 Å². The van der Waals surface area contributed by atoms with Crippen LogP contribution in [0.3, 0.4) is 0 Å². The molecular formula is C26H28ClN5O. The standard InChI is InChI=1S/C26H28ClN5O/c1-16-8-6-7-9-23(16)15-32-20(5)25(18(3)30-32)28-26(33)22-12-10-21(11-13-22)14-31-19(4)24(27)17(2)29-31/h6-13H,14-15H2,1-5H3,(H,28,33). The van der Waals surface area contributed by atoms with E-state index in [1.807, 2.05) is 73.5 Å². The summed E-state index contributed by atoms with van der Waals surface area (Å²) in [5.74, 6) is -0.155. The Morgan fingerprint density at radius 1 is 0.848 bits per heavy atom. The van der Waals surface area contributed by atoms with E-state index in [0.29, 0.717) is 23.7 Å². The Bertz CT molecular complexity index is 1320. The van der Waals surface area contributed by atoms with E-state index in [2.05, 4.69) is 34.6 Å². The molecule has 0 radical (unpaired) electrons. The number of nitrogens with zero attached hydrogens (tertiary/aromatic N) is 4. The van der Waals surface area contributed by atoms with Crippen molar-refractivity contribution < 1.29 is 4.79 Å². The van der Waals surface area contributed by atoms with Crippen molar-refractivity contribution in [3.8, 4) is 0 Å². The molecule has 0 saturated heterocycles. The van der Waals surface area contributed by atoms with Gasteiger partial charge in [0.15, 0.2) is 0 Å². The molecule has 0 unspecified atom stereocenters. The van der Waals surface area contributed by atoms with Gasteiger partial charge in [-0.2, -0.15) is 10.2 Å². The molecule has 0 aliphatic carbocycles. The van der Waals surface area contributed by atoms with E-state index in [9.17, 15) is 4.79 Å². The minimum atomic E-state index is -0.155. The van der Waals surface area contributed by atoms with Gasteiger partial charge in [0.2, 0.25) is 0 Å². The van der Waals surface area contributed by atoms with Crippen molar-refractivity contribution in [2.75, 3.05) is 5.32 Å². The second-order valence-electron chi connectivity index (χ2n) is 8.42. The molecule has 2 aromatic heterocycles. The maximum absolute atomic E-state index is 12.9. The molecule has 4 aromatic rings.